The zero-order valence-electron chi connectivity index (χ0n) is 10.5. The Morgan fingerprint density at radius 3 is 3.00 bits per heavy atom. The van der Waals surface area contributed by atoms with Crippen LogP contribution in [0.2, 0.25) is 0 Å². The molecule has 0 aromatic heterocycles. The predicted molar refractivity (Wildman–Crippen MR) is 69.5 cm³/mol. The van der Waals surface area contributed by atoms with Crippen molar-refractivity contribution < 1.29 is 4.39 Å². The lowest BCUT2D eigenvalue weighted by atomic mass is 10.0. The second-order valence-corrected chi connectivity index (χ2v) is 4.84. The second-order valence-electron chi connectivity index (χ2n) is 4.84. The summed E-state index contributed by atoms with van der Waals surface area (Å²) in [4.78, 5) is 2.16. The van der Waals surface area contributed by atoms with Gasteiger partial charge in [-0.25, -0.2) is 4.39 Å². The maximum atomic E-state index is 13.9. The summed E-state index contributed by atoms with van der Waals surface area (Å²) in [5.74, 6) is 0.579. The van der Waals surface area contributed by atoms with Crippen LogP contribution in [-0.2, 0) is 6.54 Å². The van der Waals surface area contributed by atoms with E-state index < -0.39 is 0 Å². The summed E-state index contributed by atoms with van der Waals surface area (Å²) < 4.78 is 13.9. The molecule has 1 fully saturated rings. The van der Waals surface area contributed by atoms with Crippen LogP contribution >= 0.6 is 0 Å². The van der Waals surface area contributed by atoms with Crippen LogP contribution in [0.5, 0.6) is 0 Å². The standard InChI is InChI=1S/C14H21FN2/c1-2-4-11-7-8-17(10-11)14-12(9-16)5-3-6-13(14)15/h3,5-6,11H,2,4,7-10,16H2,1H3. The molecule has 0 saturated carbocycles. The number of anilines is 1. The van der Waals surface area contributed by atoms with E-state index in [0.29, 0.717) is 12.5 Å². The van der Waals surface area contributed by atoms with Crippen LogP contribution in [0.15, 0.2) is 18.2 Å². The molecule has 0 bridgehead atoms. The van der Waals surface area contributed by atoms with Gasteiger partial charge in [0, 0.05) is 19.6 Å². The lowest BCUT2D eigenvalue weighted by Crippen LogP contribution is -2.23. The molecule has 0 spiro atoms. The molecule has 0 amide bonds. The number of nitrogens with zero attached hydrogens (tertiary/aromatic N) is 1. The molecular weight excluding hydrogens is 215 g/mol. The normalized spacial score (nSPS) is 19.9. The fraction of sp³-hybridized carbons (Fsp3) is 0.571. The van der Waals surface area contributed by atoms with Crippen molar-refractivity contribution >= 4 is 5.69 Å². The first kappa shape index (κ1) is 12.4. The highest BCUT2D eigenvalue weighted by molar-refractivity contribution is 5.55. The number of rotatable bonds is 4. The van der Waals surface area contributed by atoms with Crippen LogP contribution < -0.4 is 10.6 Å². The van der Waals surface area contributed by atoms with E-state index in [9.17, 15) is 4.39 Å². The molecule has 1 saturated heterocycles. The third-order valence-corrected chi connectivity index (χ3v) is 3.59. The summed E-state index contributed by atoms with van der Waals surface area (Å²) in [6.07, 6.45) is 3.62. The Morgan fingerprint density at radius 2 is 2.29 bits per heavy atom. The van der Waals surface area contributed by atoms with Gasteiger partial charge in [0.25, 0.3) is 0 Å². The average Bonchev–Trinajstić information content (AvgIpc) is 2.77. The first-order chi connectivity index (χ1) is 8.26. The van der Waals surface area contributed by atoms with Crippen LogP contribution in [0, 0.1) is 11.7 Å². The van der Waals surface area contributed by atoms with Gasteiger partial charge in [-0.15, -0.1) is 0 Å². The molecule has 1 atom stereocenters. The van der Waals surface area contributed by atoms with E-state index in [-0.39, 0.29) is 5.82 Å². The molecule has 0 aliphatic carbocycles. The quantitative estimate of drug-likeness (QED) is 0.871. The third kappa shape index (κ3) is 2.60. The SMILES string of the molecule is CCCC1CCN(c2c(F)cccc2CN)C1. The molecule has 1 aromatic carbocycles. The number of hydrogen-bond acceptors (Lipinski definition) is 2. The van der Waals surface area contributed by atoms with Gasteiger partial charge >= 0.3 is 0 Å². The summed E-state index contributed by atoms with van der Waals surface area (Å²) in [5.41, 5.74) is 7.34. The Labute approximate surface area is 103 Å². The number of benzene rings is 1. The van der Waals surface area contributed by atoms with Gasteiger partial charge in [-0.2, -0.15) is 0 Å². The van der Waals surface area contributed by atoms with Crippen LogP contribution in [0.25, 0.3) is 0 Å². The molecule has 1 unspecified atom stereocenters. The van der Waals surface area contributed by atoms with E-state index >= 15 is 0 Å². The van der Waals surface area contributed by atoms with E-state index in [1.165, 1.54) is 25.3 Å². The lowest BCUT2D eigenvalue weighted by Gasteiger charge is -2.22. The summed E-state index contributed by atoms with van der Waals surface area (Å²) in [5, 5.41) is 0. The van der Waals surface area contributed by atoms with Crippen molar-refractivity contribution in [3.05, 3.63) is 29.6 Å². The molecule has 1 aliphatic rings. The maximum absolute atomic E-state index is 13.9. The van der Waals surface area contributed by atoms with Gasteiger partial charge in [-0.3, -0.25) is 0 Å². The van der Waals surface area contributed by atoms with Crippen LogP contribution in [-0.4, -0.2) is 13.1 Å². The molecule has 1 heterocycles. The van der Waals surface area contributed by atoms with Gasteiger partial charge in [0.1, 0.15) is 5.82 Å². The highest BCUT2D eigenvalue weighted by atomic mass is 19.1. The Morgan fingerprint density at radius 1 is 1.47 bits per heavy atom. The monoisotopic (exact) mass is 236 g/mol. The van der Waals surface area contributed by atoms with Crippen molar-refractivity contribution in [3.8, 4) is 0 Å². The number of halogens is 1. The number of hydrogen-bond donors (Lipinski definition) is 1. The van der Waals surface area contributed by atoms with Crippen molar-refractivity contribution in [1.82, 2.24) is 0 Å². The molecule has 1 aromatic rings. The molecule has 2 rings (SSSR count). The van der Waals surface area contributed by atoms with E-state index in [4.69, 9.17) is 5.73 Å². The highest BCUT2D eigenvalue weighted by Gasteiger charge is 2.25. The zero-order chi connectivity index (χ0) is 12.3. The summed E-state index contributed by atoms with van der Waals surface area (Å²) >= 11 is 0. The van der Waals surface area contributed by atoms with Gasteiger partial charge in [-0.1, -0.05) is 25.5 Å². The van der Waals surface area contributed by atoms with E-state index in [2.05, 4.69) is 11.8 Å². The lowest BCUT2D eigenvalue weighted by molar-refractivity contribution is 0.528. The summed E-state index contributed by atoms with van der Waals surface area (Å²) in [6, 6.07) is 5.19. The topological polar surface area (TPSA) is 29.3 Å². The van der Waals surface area contributed by atoms with Crippen LogP contribution in [0.3, 0.4) is 0 Å². The average molecular weight is 236 g/mol. The molecular formula is C14H21FN2. The van der Waals surface area contributed by atoms with Gasteiger partial charge < -0.3 is 10.6 Å². The Balaban J connectivity index is 2.18. The van der Waals surface area contributed by atoms with E-state index in [0.717, 1.165) is 24.3 Å². The first-order valence-corrected chi connectivity index (χ1v) is 6.48. The largest absolute Gasteiger partial charge is 0.369 e. The molecule has 94 valence electrons. The minimum atomic E-state index is -0.134. The van der Waals surface area contributed by atoms with Gasteiger partial charge in [0.05, 0.1) is 5.69 Å². The van der Waals surface area contributed by atoms with E-state index in [1.54, 1.807) is 6.07 Å². The Hall–Kier alpha value is -1.09. The third-order valence-electron chi connectivity index (χ3n) is 3.59. The number of nitrogens with two attached hydrogens (primary N) is 1. The smallest absolute Gasteiger partial charge is 0.146 e. The van der Waals surface area contributed by atoms with Crippen molar-refractivity contribution in [2.24, 2.45) is 11.7 Å². The Bertz CT molecular complexity index is 378. The fourth-order valence-corrected chi connectivity index (χ4v) is 2.76. The Kier molecular flexibility index (Phi) is 4.00. The van der Waals surface area contributed by atoms with Gasteiger partial charge in [0.15, 0.2) is 0 Å². The van der Waals surface area contributed by atoms with Gasteiger partial charge in [-0.05, 0) is 30.4 Å². The van der Waals surface area contributed by atoms with E-state index in [1.807, 2.05) is 6.07 Å². The van der Waals surface area contributed by atoms with Crippen LogP contribution in [0.1, 0.15) is 31.7 Å². The van der Waals surface area contributed by atoms with Gasteiger partial charge in [0.2, 0.25) is 0 Å². The number of para-hydroxylation sites is 1. The van der Waals surface area contributed by atoms with Crippen molar-refractivity contribution in [1.29, 1.82) is 0 Å². The summed E-state index contributed by atoms with van der Waals surface area (Å²) in [6.45, 7) is 4.54. The highest BCUT2D eigenvalue weighted by Crippen LogP contribution is 2.31. The van der Waals surface area contributed by atoms with Crippen molar-refractivity contribution in [2.45, 2.75) is 32.7 Å². The molecule has 3 heteroatoms. The second kappa shape index (κ2) is 5.50. The van der Waals surface area contributed by atoms with Crippen molar-refractivity contribution in [2.75, 3.05) is 18.0 Å². The fourth-order valence-electron chi connectivity index (χ4n) is 2.76. The minimum absolute atomic E-state index is 0.134. The zero-order valence-corrected chi connectivity index (χ0v) is 10.5. The molecule has 2 nitrogen and oxygen atoms in total. The predicted octanol–water partition coefficient (Wildman–Crippen LogP) is 2.91. The summed E-state index contributed by atoms with van der Waals surface area (Å²) in [7, 11) is 0. The maximum Gasteiger partial charge on any atom is 0.146 e. The molecule has 17 heavy (non-hydrogen) atoms. The molecule has 1 aliphatic heterocycles. The van der Waals surface area contributed by atoms with Crippen molar-refractivity contribution in [3.63, 3.8) is 0 Å². The van der Waals surface area contributed by atoms with Crippen LogP contribution in [0.4, 0.5) is 10.1 Å². The molecule has 2 N–H and O–H groups in total. The minimum Gasteiger partial charge on any atom is -0.369 e. The molecule has 0 radical (unpaired) electrons. The first-order valence-electron chi connectivity index (χ1n) is 6.48.